The fraction of sp³-hybridized carbons (Fsp3) is 0.316. The van der Waals surface area contributed by atoms with Gasteiger partial charge in [0.05, 0.1) is 16.8 Å². The summed E-state index contributed by atoms with van der Waals surface area (Å²) in [6.07, 6.45) is 3.96. The van der Waals surface area contributed by atoms with E-state index in [0.29, 0.717) is 30.2 Å². The van der Waals surface area contributed by atoms with Crippen molar-refractivity contribution in [2.75, 3.05) is 25.3 Å². The van der Waals surface area contributed by atoms with Crippen molar-refractivity contribution in [2.45, 2.75) is 24.2 Å². The minimum absolute atomic E-state index is 0.119. The average molecular weight is 432 g/mol. The Hall–Kier alpha value is -3.18. The number of non-ortho nitro benzene ring substituents is 1. The van der Waals surface area contributed by atoms with Crippen LogP contribution in [0.3, 0.4) is 0 Å². The van der Waals surface area contributed by atoms with E-state index in [0.717, 1.165) is 25.3 Å². The summed E-state index contributed by atoms with van der Waals surface area (Å²) in [6.45, 7) is 0.899. The lowest BCUT2D eigenvalue weighted by Gasteiger charge is -2.26. The van der Waals surface area contributed by atoms with Crippen molar-refractivity contribution in [1.82, 2.24) is 4.31 Å². The van der Waals surface area contributed by atoms with Gasteiger partial charge >= 0.3 is 0 Å². The number of benzene rings is 2. The number of fused-ring (bicyclic) bond motifs is 1. The van der Waals surface area contributed by atoms with Gasteiger partial charge in [0, 0.05) is 30.8 Å². The Labute approximate surface area is 173 Å². The number of anilines is 1. The molecule has 2 aromatic rings. The predicted molar refractivity (Wildman–Crippen MR) is 109 cm³/mol. The van der Waals surface area contributed by atoms with Gasteiger partial charge in [-0.3, -0.25) is 15.5 Å². The van der Waals surface area contributed by atoms with Gasteiger partial charge in [-0.25, -0.2) is 8.42 Å². The zero-order chi connectivity index (χ0) is 21.1. The lowest BCUT2D eigenvalue weighted by Crippen LogP contribution is -2.35. The van der Waals surface area contributed by atoms with E-state index in [1.165, 1.54) is 22.7 Å². The van der Waals surface area contributed by atoms with Gasteiger partial charge < -0.3 is 9.47 Å². The number of ether oxygens (including phenoxy) is 2. The molecule has 0 saturated carbocycles. The Morgan fingerprint density at radius 1 is 1.13 bits per heavy atom. The Balaban J connectivity index is 1.64. The summed E-state index contributed by atoms with van der Waals surface area (Å²) in [4.78, 5) is 10.4. The van der Waals surface area contributed by atoms with Crippen LogP contribution in [0.2, 0.25) is 0 Å². The first-order valence-corrected chi connectivity index (χ1v) is 10.9. The molecule has 158 valence electrons. The third-order valence-corrected chi connectivity index (χ3v) is 6.86. The van der Waals surface area contributed by atoms with Crippen molar-refractivity contribution >= 4 is 27.6 Å². The number of piperidine rings is 1. The fourth-order valence-electron chi connectivity index (χ4n) is 3.40. The van der Waals surface area contributed by atoms with Gasteiger partial charge in [0.2, 0.25) is 16.8 Å². The van der Waals surface area contributed by atoms with Crippen LogP contribution in [0.4, 0.5) is 11.4 Å². The molecule has 0 amide bonds. The molecule has 11 heteroatoms. The Morgan fingerprint density at radius 2 is 1.93 bits per heavy atom. The normalized spacial score (nSPS) is 16.7. The molecular weight excluding hydrogens is 412 g/mol. The molecular formula is C19H20N4O6S. The number of nitro groups is 1. The average Bonchev–Trinajstić information content (AvgIpc) is 3.24. The van der Waals surface area contributed by atoms with E-state index < -0.39 is 14.9 Å². The fourth-order valence-corrected chi connectivity index (χ4v) is 5.08. The second kappa shape index (κ2) is 8.28. The standard InChI is InChI=1S/C19H20N4O6S/c24-23(25)15-7-8-16(18(11-15)30(26,27)22-9-2-1-3-10-22)21-20-12-14-5-4-6-17-19(14)29-13-28-17/h4-8,11-12,21H,1-3,9-10,13H2/b20-12-. The largest absolute Gasteiger partial charge is 0.454 e. The van der Waals surface area contributed by atoms with Crippen LogP contribution in [0.25, 0.3) is 0 Å². The molecule has 0 spiro atoms. The predicted octanol–water partition coefficient (Wildman–Crippen LogP) is 2.94. The molecule has 2 heterocycles. The second-order valence-electron chi connectivity index (χ2n) is 6.85. The summed E-state index contributed by atoms with van der Waals surface area (Å²) in [5, 5.41) is 15.3. The van der Waals surface area contributed by atoms with Gasteiger partial charge in [-0.15, -0.1) is 0 Å². The van der Waals surface area contributed by atoms with E-state index in [4.69, 9.17) is 9.47 Å². The third kappa shape index (κ3) is 3.94. The number of nitro benzene ring substituents is 1. The number of nitrogens with one attached hydrogen (secondary N) is 1. The van der Waals surface area contributed by atoms with Crippen LogP contribution in [0, 0.1) is 10.1 Å². The van der Waals surface area contributed by atoms with E-state index in [-0.39, 0.29) is 23.1 Å². The van der Waals surface area contributed by atoms with Crippen LogP contribution in [0.1, 0.15) is 24.8 Å². The monoisotopic (exact) mass is 432 g/mol. The summed E-state index contributed by atoms with van der Waals surface area (Å²) in [6, 6.07) is 8.99. The molecule has 0 aliphatic carbocycles. The highest BCUT2D eigenvalue weighted by atomic mass is 32.2. The quantitative estimate of drug-likeness (QED) is 0.423. The number of hydrogen-bond donors (Lipinski definition) is 1. The number of hydrogen-bond acceptors (Lipinski definition) is 8. The molecule has 1 fully saturated rings. The van der Waals surface area contributed by atoms with Crippen molar-refractivity contribution in [3.05, 3.63) is 52.1 Å². The summed E-state index contributed by atoms with van der Waals surface area (Å²) in [5.41, 5.74) is 3.22. The Morgan fingerprint density at radius 3 is 2.70 bits per heavy atom. The summed E-state index contributed by atoms with van der Waals surface area (Å²) in [5.74, 6) is 1.15. The number of hydrazone groups is 1. The highest BCUT2D eigenvalue weighted by Gasteiger charge is 2.30. The Bertz CT molecular complexity index is 1100. The molecule has 2 aliphatic rings. The zero-order valence-electron chi connectivity index (χ0n) is 16.0. The van der Waals surface area contributed by atoms with Crippen molar-refractivity contribution in [2.24, 2.45) is 5.10 Å². The minimum Gasteiger partial charge on any atom is -0.454 e. The zero-order valence-corrected chi connectivity index (χ0v) is 16.8. The highest BCUT2D eigenvalue weighted by molar-refractivity contribution is 7.89. The lowest BCUT2D eigenvalue weighted by atomic mass is 10.2. The van der Waals surface area contributed by atoms with Crippen molar-refractivity contribution < 1.29 is 22.8 Å². The first-order valence-electron chi connectivity index (χ1n) is 9.43. The SMILES string of the molecule is O=[N+]([O-])c1ccc(N/N=C\c2cccc3c2OCO3)c(S(=O)(=O)N2CCCCC2)c1. The maximum atomic E-state index is 13.1. The first kappa shape index (κ1) is 20.1. The molecule has 2 aromatic carbocycles. The minimum atomic E-state index is -3.91. The van der Waals surface area contributed by atoms with Gasteiger partial charge in [0.1, 0.15) is 4.90 Å². The van der Waals surface area contributed by atoms with E-state index in [1.54, 1.807) is 18.2 Å². The van der Waals surface area contributed by atoms with Crippen LogP contribution in [0.5, 0.6) is 11.5 Å². The highest BCUT2D eigenvalue weighted by Crippen LogP contribution is 2.34. The number of para-hydroxylation sites is 1. The van der Waals surface area contributed by atoms with Crippen molar-refractivity contribution in [3.8, 4) is 11.5 Å². The van der Waals surface area contributed by atoms with Crippen LogP contribution >= 0.6 is 0 Å². The maximum absolute atomic E-state index is 13.1. The molecule has 30 heavy (non-hydrogen) atoms. The Kier molecular flexibility index (Phi) is 5.55. The van der Waals surface area contributed by atoms with Gasteiger partial charge in [0.15, 0.2) is 11.5 Å². The molecule has 0 aromatic heterocycles. The van der Waals surface area contributed by atoms with Crippen LogP contribution in [-0.4, -0.2) is 43.7 Å². The van der Waals surface area contributed by atoms with Gasteiger partial charge in [-0.1, -0.05) is 12.5 Å². The topological polar surface area (TPSA) is 123 Å². The molecule has 0 unspecified atom stereocenters. The van der Waals surface area contributed by atoms with Crippen LogP contribution in [0.15, 0.2) is 46.4 Å². The summed E-state index contributed by atoms with van der Waals surface area (Å²) < 4.78 is 38.4. The molecule has 0 bridgehead atoms. The van der Waals surface area contributed by atoms with E-state index in [2.05, 4.69) is 10.5 Å². The molecule has 0 atom stereocenters. The summed E-state index contributed by atoms with van der Waals surface area (Å²) >= 11 is 0. The van der Waals surface area contributed by atoms with Crippen molar-refractivity contribution in [3.63, 3.8) is 0 Å². The summed E-state index contributed by atoms with van der Waals surface area (Å²) in [7, 11) is -3.91. The van der Waals surface area contributed by atoms with Crippen LogP contribution in [-0.2, 0) is 10.0 Å². The smallest absolute Gasteiger partial charge is 0.270 e. The second-order valence-corrected chi connectivity index (χ2v) is 8.76. The molecule has 4 rings (SSSR count). The molecule has 2 aliphatic heterocycles. The molecule has 1 saturated heterocycles. The van der Waals surface area contributed by atoms with E-state index in [1.807, 2.05) is 0 Å². The number of rotatable bonds is 6. The van der Waals surface area contributed by atoms with Crippen LogP contribution < -0.4 is 14.9 Å². The van der Waals surface area contributed by atoms with Crippen molar-refractivity contribution in [1.29, 1.82) is 0 Å². The van der Waals surface area contributed by atoms with E-state index >= 15 is 0 Å². The molecule has 0 radical (unpaired) electrons. The molecule has 10 nitrogen and oxygen atoms in total. The number of sulfonamides is 1. The molecule has 1 N–H and O–H groups in total. The van der Waals surface area contributed by atoms with Gasteiger partial charge in [0.25, 0.3) is 5.69 Å². The third-order valence-electron chi connectivity index (χ3n) is 4.92. The van der Waals surface area contributed by atoms with E-state index in [9.17, 15) is 18.5 Å². The number of nitrogens with zero attached hydrogens (tertiary/aromatic N) is 3. The lowest BCUT2D eigenvalue weighted by molar-refractivity contribution is -0.385. The first-order chi connectivity index (χ1) is 14.5. The van der Waals surface area contributed by atoms with Gasteiger partial charge in [-0.05, 0) is 31.0 Å². The van der Waals surface area contributed by atoms with Gasteiger partial charge in [-0.2, -0.15) is 9.41 Å². The maximum Gasteiger partial charge on any atom is 0.270 e.